The molecule has 3 amide bonds. The lowest BCUT2D eigenvalue weighted by atomic mass is 9.96. The maximum absolute atomic E-state index is 12.1. The Kier molecular flexibility index (Phi) is 8.61. The molecule has 1 aliphatic carbocycles. The van der Waals surface area contributed by atoms with Gasteiger partial charge in [-0.3, -0.25) is 4.79 Å². The van der Waals surface area contributed by atoms with E-state index in [0.29, 0.717) is 5.06 Å². The number of amides is 3. The standard InChI is InChI=1S/C21H20P.C10H13N3O6S/c1-2-18-22(19-12-6-3-7-13-19,20-14-8-4-9-15-20)21-16-10-5-11-17-21;11-9(14)7-3-6(5-1-2-5)8-4-12(7)10(15)13(8)19-20(16,17)18/h2-18H,1H3;3,5,7-8H,1-2,4H2,(H2,11,14)(H,16,17,18)/q+1;/p-1/b18-2+;/t;7-,8-/m.0/s1. The Morgan fingerprint density at radius 3 is 1.79 bits per heavy atom. The van der Waals surface area contributed by atoms with Crippen LogP contribution in [0, 0.1) is 5.92 Å². The predicted molar refractivity (Wildman–Crippen MR) is 162 cm³/mol. The van der Waals surface area contributed by atoms with Crippen LogP contribution >= 0.6 is 7.26 Å². The second kappa shape index (κ2) is 12.2. The number of hydroxylamine groups is 2. The van der Waals surface area contributed by atoms with Gasteiger partial charge in [0.15, 0.2) is 0 Å². The minimum absolute atomic E-state index is 0.0876. The molecule has 6 rings (SSSR count). The van der Waals surface area contributed by atoms with Crippen molar-refractivity contribution in [3.63, 3.8) is 0 Å². The summed E-state index contributed by atoms with van der Waals surface area (Å²) in [4.78, 5) is 24.6. The lowest BCUT2D eigenvalue weighted by Crippen LogP contribution is -2.46. The molecule has 0 aromatic heterocycles. The first-order valence-corrected chi connectivity index (χ1v) is 16.8. The van der Waals surface area contributed by atoms with Crippen molar-refractivity contribution in [2.45, 2.75) is 31.8 Å². The maximum Gasteiger partial charge on any atom is 0.346 e. The fourth-order valence-electron chi connectivity index (χ4n) is 5.62. The number of nitrogens with zero attached hydrogens (tertiary/aromatic N) is 2. The van der Waals surface area contributed by atoms with Gasteiger partial charge in [0.05, 0.1) is 12.4 Å². The summed E-state index contributed by atoms with van der Waals surface area (Å²) >= 11 is 0. The molecule has 11 heteroatoms. The van der Waals surface area contributed by atoms with Gasteiger partial charge in [0.2, 0.25) is 16.3 Å². The number of carbonyl (C=O) groups excluding carboxylic acids is 2. The molecule has 2 fully saturated rings. The van der Waals surface area contributed by atoms with E-state index in [4.69, 9.17) is 5.73 Å². The Balaban J connectivity index is 0.000000169. The van der Waals surface area contributed by atoms with Crippen LogP contribution < -0.4 is 21.6 Å². The summed E-state index contributed by atoms with van der Waals surface area (Å²) < 4.78 is 36.4. The van der Waals surface area contributed by atoms with E-state index in [9.17, 15) is 22.6 Å². The van der Waals surface area contributed by atoms with Gasteiger partial charge in [0.1, 0.15) is 35.3 Å². The molecule has 9 nitrogen and oxygen atoms in total. The number of hydrogen-bond donors (Lipinski definition) is 1. The number of hydrogen-bond acceptors (Lipinski definition) is 6. The molecular weight excluding hydrogens is 573 g/mol. The van der Waals surface area contributed by atoms with Crippen molar-refractivity contribution in [1.82, 2.24) is 9.96 Å². The molecule has 1 saturated heterocycles. The highest BCUT2D eigenvalue weighted by atomic mass is 32.3. The van der Waals surface area contributed by atoms with E-state index in [-0.39, 0.29) is 12.5 Å². The van der Waals surface area contributed by atoms with Crippen molar-refractivity contribution < 1.29 is 26.8 Å². The topological polar surface area (TPSA) is 133 Å². The Hall–Kier alpha value is -3.82. The largest absolute Gasteiger partial charge is 0.724 e. The SMILES string of the molecule is C/C=C/[P+](c1ccccc1)(c1ccccc1)c1ccccc1.NC(=O)[C@@H]1C=C(C2CC2)[C@@H]2CN1C(=O)N2OS(=O)(=O)[O-]. The molecule has 2 bridgehead atoms. The molecule has 1 saturated carbocycles. The van der Waals surface area contributed by atoms with Gasteiger partial charge in [0.25, 0.3) is 0 Å². The molecule has 3 aromatic carbocycles. The van der Waals surface area contributed by atoms with Gasteiger partial charge < -0.3 is 15.2 Å². The monoisotopic (exact) mass is 605 g/mol. The molecule has 0 spiro atoms. The minimum Gasteiger partial charge on any atom is -0.724 e. The zero-order valence-electron chi connectivity index (χ0n) is 23.0. The number of urea groups is 1. The fraction of sp³-hybridized carbons (Fsp3) is 0.226. The summed E-state index contributed by atoms with van der Waals surface area (Å²) in [6.45, 7) is 2.20. The Bertz CT molecular complexity index is 1500. The van der Waals surface area contributed by atoms with Gasteiger partial charge in [0, 0.05) is 0 Å². The highest BCUT2D eigenvalue weighted by Crippen LogP contribution is 2.56. The number of benzene rings is 3. The summed E-state index contributed by atoms with van der Waals surface area (Å²) in [5.41, 5.74) is 5.99. The van der Waals surface area contributed by atoms with E-state index in [0.717, 1.165) is 23.3 Å². The van der Waals surface area contributed by atoms with Crippen molar-refractivity contribution in [1.29, 1.82) is 0 Å². The lowest BCUT2D eigenvalue weighted by Gasteiger charge is -2.27. The van der Waals surface area contributed by atoms with Crippen LogP contribution in [0.4, 0.5) is 4.79 Å². The smallest absolute Gasteiger partial charge is 0.346 e. The average molecular weight is 606 g/mol. The summed E-state index contributed by atoms with van der Waals surface area (Å²) in [6, 6.07) is 30.2. The third kappa shape index (κ3) is 6.03. The highest BCUT2D eigenvalue weighted by molar-refractivity contribution is 7.98. The van der Waals surface area contributed by atoms with Crippen LogP contribution in [-0.4, -0.2) is 53.5 Å². The number of primary amides is 1. The van der Waals surface area contributed by atoms with E-state index >= 15 is 0 Å². The zero-order valence-corrected chi connectivity index (χ0v) is 24.7. The van der Waals surface area contributed by atoms with Crippen molar-refractivity contribution in [3.8, 4) is 0 Å². The molecule has 42 heavy (non-hydrogen) atoms. The Labute approximate surface area is 246 Å². The van der Waals surface area contributed by atoms with Crippen molar-refractivity contribution in [2.75, 3.05) is 6.54 Å². The van der Waals surface area contributed by atoms with E-state index in [2.05, 4.69) is 114 Å². The number of fused-ring (bicyclic) bond motifs is 2. The van der Waals surface area contributed by atoms with E-state index in [1.807, 2.05) is 0 Å². The van der Waals surface area contributed by atoms with Gasteiger partial charge in [-0.25, -0.2) is 13.2 Å². The molecular formula is C31H32N3O6PS. The van der Waals surface area contributed by atoms with Gasteiger partial charge in [-0.1, -0.05) is 66.7 Å². The van der Waals surface area contributed by atoms with E-state index < -0.39 is 41.7 Å². The summed E-state index contributed by atoms with van der Waals surface area (Å²) in [6.07, 6.45) is 5.55. The fourth-order valence-corrected chi connectivity index (χ4v) is 9.77. The van der Waals surface area contributed by atoms with Crippen molar-refractivity contribution >= 4 is 45.5 Å². The molecule has 2 N–H and O–H groups in total. The van der Waals surface area contributed by atoms with E-state index in [1.165, 1.54) is 15.9 Å². The Morgan fingerprint density at radius 2 is 1.40 bits per heavy atom. The lowest BCUT2D eigenvalue weighted by molar-refractivity contribution is -0.120. The first-order valence-electron chi connectivity index (χ1n) is 13.6. The molecule has 0 unspecified atom stereocenters. The molecule has 2 heterocycles. The van der Waals surface area contributed by atoms with Crippen LogP contribution in [0.15, 0.2) is 115 Å². The zero-order chi connectivity index (χ0) is 29.9. The van der Waals surface area contributed by atoms with Crippen molar-refractivity contribution in [3.05, 3.63) is 115 Å². The average Bonchev–Trinajstić information content (AvgIpc) is 3.81. The van der Waals surface area contributed by atoms with Crippen LogP contribution in [0.25, 0.3) is 0 Å². The molecule has 3 aromatic rings. The minimum atomic E-state index is -5.06. The predicted octanol–water partition coefficient (Wildman–Crippen LogP) is 3.20. The van der Waals surface area contributed by atoms with Gasteiger partial charge in [-0.15, -0.1) is 0 Å². The van der Waals surface area contributed by atoms with Gasteiger partial charge in [-0.05, 0) is 67.7 Å². The normalized spacial score (nSPS) is 20.2. The number of carbonyl (C=O) groups is 2. The summed E-state index contributed by atoms with van der Waals surface area (Å²) in [7, 11) is -6.79. The van der Waals surface area contributed by atoms with E-state index in [1.54, 1.807) is 6.08 Å². The summed E-state index contributed by atoms with van der Waals surface area (Å²) in [5.74, 6) is 1.88. The molecule has 0 radical (unpaired) electrons. The van der Waals surface area contributed by atoms with Crippen LogP contribution in [0.2, 0.25) is 0 Å². The van der Waals surface area contributed by atoms with Crippen LogP contribution in [-0.2, 0) is 19.5 Å². The first-order chi connectivity index (χ1) is 20.2. The van der Waals surface area contributed by atoms with Crippen LogP contribution in [0.3, 0.4) is 0 Å². The molecule has 2 aliphatic heterocycles. The third-order valence-corrected chi connectivity index (χ3v) is 12.0. The number of rotatable bonds is 8. The maximum atomic E-state index is 12.1. The second-order valence-corrected chi connectivity index (χ2v) is 14.5. The summed E-state index contributed by atoms with van der Waals surface area (Å²) in [5, 5.41) is 4.72. The van der Waals surface area contributed by atoms with Crippen LogP contribution in [0.5, 0.6) is 0 Å². The molecule has 3 aliphatic rings. The first kappa shape index (κ1) is 29.7. The molecule has 218 valence electrons. The van der Waals surface area contributed by atoms with Crippen molar-refractivity contribution in [2.24, 2.45) is 11.7 Å². The second-order valence-electron chi connectivity index (χ2n) is 10.3. The highest BCUT2D eigenvalue weighted by Gasteiger charge is 2.51. The van der Waals surface area contributed by atoms with Gasteiger partial charge >= 0.3 is 6.03 Å². The third-order valence-electron chi connectivity index (χ3n) is 7.53. The van der Waals surface area contributed by atoms with Crippen LogP contribution in [0.1, 0.15) is 19.8 Å². The molecule has 2 atom stereocenters. The number of nitrogens with two attached hydrogens (primary N) is 1. The quantitative estimate of drug-likeness (QED) is 0.182. The van der Waals surface area contributed by atoms with Gasteiger partial charge in [-0.2, -0.15) is 9.35 Å². The Morgan fingerprint density at radius 1 is 0.929 bits per heavy atom. The number of allylic oxidation sites excluding steroid dienone is 1.